The Morgan fingerprint density at radius 3 is 2.73 bits per heavy atom. The quantitative estimate of drug-likeness (QED) is 0.644. The number of benzene rings is 1. The molecular formula is C15H20N2O5. The number of nitrogens with zero attached hydrogens (tertiary/aromatic N) is 1. The Balaban J connectivity index is 1.92. The fraction of sp³-hybridized carbons (Fsp3) is 0.533. The van der Waals surface area contributed by atoms with Crippen LogP contribution < -0.4 is 14.8 Å². The maximum Gasteiger partial charge on any atom is 0.314 e. The van der Waals surface area contributed by atoms with E-state index in [-0.39, 0.29) is 30.0 Å². The van der Waals surface area contributed by atoms with Crippen LogP contribution in [-0.2, 0) is 4.79 Å². The van der Waals surface area contributed by atoms with Gasteiger partial charge in [0.15, 0.2) is 12.4 Å². The van der Waals surface area contributed by atoms with Gasteiger partial charge in [0.1, 0.15) is 5.75 Å². The van der Waals surface area contributed by atoms with E-state index in [0.29, 0.717) is 5.75 Å². The van der Waals surface area contributed by atoms with Crippen molar-refractivity contribution in [2.45, 2.75) is 38.1 Å². The van der Waals surface area contributed by atoms with Gasteiger partial charge < -0.3 is 14.8 Å². The fourth-order valence-corrected chi connectivity index (χ4v) is 2.55. The smallest absolute Gasteiger partial charge is 0.314 e. The van der Waals surface area contributed by atoms with Crippen molar-refractivity contribution in [1.29, 1.82) is 0 Å². The highest BCUT2D eigenvalue weighted by Crippen LogP contribution is 2.30. The minimum Gasteiger partial charge on any atom is -0.496 e. The molecule has 1 aliphatic carbocycles. The number of rotatable bonds is 6. The molecule has 2 rings (SSSR count). The molecule has 1 aromatic rings. The van der Waals surface area contributed by atoms with Crippen LogP contribution in [0.15, 0.2) is 18.2 Å². The van der Waals surface area contributed by atoms with E-state index >= 15 is 0 Å². The Bertz CT molecular complexity index is 541. The lowest BCUT2D eigenvalue weighted by atomic mass is 9.95. The van der Waals surface area contributed by atoms with Gasteiger partial charge in [-0.05, 0) is 25.0 Å². The third-order valence-corrected chi connectivity index (χ3v) is 3.69. The first-order valence-corrected chi connectivity index (χ1v) is 7.34. The molecule has 120 valence electrons. The number of ether oxygens (including phenoxy) is 2. The summed E-state index contributed by atoms with van der Waals surface area (Å²) in [6.07, 6.45) is 5.41. The van der Waals surface area contributed by atoms with E-state index < -0.39 is 4.92 Å². The van der Waals surface area contributed by atoms with Crippen LogP contribution in [0.5, 0.6) is 11.5 Å². The van der Waals surface area contributed by atoms with Gasteiger partial charge >= 0.3 is 5.69 Å². The summed E-state index contributed by atoms with van der Waals surface area (Å²) in [6.45, 7) is -0.232. The van der Waals surface area contributed by atoms with Crippen LogP contribution in [-0.4, -0.2) is 30.6 Å². The van der Waals surface area contributed by atoms with Gasteiger partial charge in [0.25, 0.3) is 5.91 Å². The van der Waals surface area contributed by atoms with Crippen LogP contribution in [0.3, 0.4) is 0 Å². The molecule has 0 atom stereocenters. The molecule has 0 bridgehead atoms. The molecule has 1 aromatic carbocycles. The van der Waals surface area contributed by atoms with Gasteiger partial charge in [0, 0.05) is 6.04 Å². The molecular weight excluding hydrogens is 288 g/mol. The molecule has 1 aliphatic rings. The topological polar surface area (TPSA) is 90.7 Å². The summed E-state index contributed by atoms with van der Waals surface area (Å²) in [5, 5.41) is 13.9. The van der Waals surface area contributed by atoms with Crippen molar-refractivity contribution < 1.29 is 19.2 Å². The molecule has 1 N–H and O–H groups in total. The monoisotopic (exact) mass is 308 g/mol. The zero-order valence-corrected chi connectivity index (χ0v) is 12.5. The summed E-state index contributed by atoms with van der Waals surface area (Å²) in [4.78, 5) is 22.3. The average Bonchev–Trinajstić information content (AvgIpc) is 2.53. The van der Waals surface area contributed by atoms with E-state index in [1.54, 1.807) is 6.07 Å². The van der Waals surface area contributed by atoms with E-state index in [1.807, 2.05) is 0 Å². The fourth-order valence-electron chi connectivity index (χ4n) is 2.55. The van der Waals surface area contributed by atoms with Crippen molar-refractivity contribution in [2.24, 2.45) is 0 Å². The number of nitro benzene ring substituents is 1. The number of carbonyl (C=O) groups excluding carboxylic acids is 1. The number of hydrogen-bond donors (Lipinski definition) is 1. The van der Waals surface area contributed by atoms with Gasteiger partial charge in [-0.3, -0.25) is 14.9 Å². The second-order valence-electron chi connectivity index (χ2n) is 5.28. The molecule has 0 aliphatic heterocycles. The highest BCUT2D eigenvalue weighted by Gasteiger charge is 2.19. The number of hydrogen-bond acceptors (Lipinski definition) is 5. The number of amides is 1. The number of nitrogens with one attached hydrogen (secondary N) is 1. The SMILES string of the molecule is COc1ccc(OCC(=O)NC2CCCCC2)c([N+](=O)[O-])c1. The van der Waals surface area contributed by atoms with Crippen LogP contribution in [0.2, 0.25) is 0 Å². The Morgan fingerprint density at radius 2 is 2.09 bits per heavy atom. The molecule has 1 saturated carbocycles. The first kappa shape index (κ1) is 16.1. The van der Waals surface area contributed by atoms with Crippen LogP contribution in [0, 0.1) is 10.1 Å². The van der Waals surface area contributed by atoms with Gasteiger partial charge in [0.2, 0.25) is 0 Å². The average molecular weight is 308 g/mol. The zero-order valence-electron chi connectivity index (χ0n) is 12.5. The molecule has 0 unspecified atom stereocenters. The third kappa shape index (κ3) is 4.34. The van der Waals surface area contributed by atoms with Gasteiger partial charge in [-0.1, -0.05) is 19.3 Å². The zero-order chi connectivity index (χ0) is 15.9. The molecule has 0 spiro atoms. The van der Waals surface area contributed by atoms with E-state index in [9.17, 15) is 14.9 Å². The number of nitro groups is 1. The lowest BCUT2D eigenvalue weighted by Crippen LogP contribution is -2.39. The second kappa shape index (κ2) is 7.63. The minimum absolute atomic E-state index is 0.0598. The van der Waals surface area contributed by atoms with E-state index in [0.717, 1.165) is 25.7 Å². The van der Waals surface area contributed by atoms with Gasteiger partial charge in [-0.25, -0.2) is 0 Å². The molecule has 22 heavy (non-hydrogen) atoms. The molecule has 1 amide bonds. The van der Waals surface area contributed by atoms with Crippen LogP contribution in [0.4, 0.5) is 5.69 Å². The molecule has 0 aromatic heterocycles. The Hall–Kier alpha value is -2.31. The maximum atomic E-state index is 11.9. The van der Waals surface area contributed by atoms with Crippen molar-refractivity contribution >= 4 is 11.6 Å². The van der Waals surface area contributed by atoms with Gasteiger partial charge in [-0.15, -0.1) is 0 Å². The summed E-state index contributed by atoms with van der Waals surface area (Å²) < 4.78 is 10.2. The second-order valence-corrected chi connectivity index (χ2v) is 5.28. The van der Waals surface area contributed by atoms with Crippen molar-refractivity contribution in [3.05, 3.63) is 28.3 Å². The predicted octanol–water partition coefficient (Wildman–Crippen LogP) is 2.43. The molecule has 0 radical (unpaired) electrons. The third-order valence-electron chi connectivity index (χ3n) is 3.69. The van der Waals surface area contributed by atoms with Crippen LogP contribution in [0.1, 0.15) is 32.1 Å². The molecule has 7 heteroatoms. The van der Waals surface area contributed by atoms with E-state index in [1.165, 1.54) is 25.7 Å². The lowest BCUT2D eigenvalue weighted by molar-refractivity contribution is -0.385. The van der Waals surface area contributed by atoms with Crippen molar-refractivity contribution in [3.63, 3.8) is 0 Å². The van der Waals surface area contributed by atoms with Crippen LogP contribution >= 0.6 is 0 Å². The number of methoxy groups -OCH3 is 1. The minimum atomic E-state index is -0.559. The van der Waals surface area contributed by atoms with Crippen molar-refractivity contribution in [3.8, 4) is 11.5 Å². The summed E-state index contributed by atoms with van der Waals surface area (Å²) in [7, 11) is 1.43. The first-order chi connectivity index (χ1) is 10.6. The number of carbonyl (C=O) groups is 1. The standard InChI is InChI=1S/C15H20N2O5/c1-21-12-7-8-14(13(9-12)17(19)20)22-10-15(18)16-11-5-3-2-4-6-11/h7-9,11H,2-6,10H2,1H3,(H,16,18). The summed E-state index contributed by atoms with van der Waals surface area (Å²) in [5.74, 6) is 0.173. The van der Waals surface area contributed by atoms with Crippen LogP contribution in [0.25, 0.3) is 0 Å². The Kier molecular flexibility index (Phi) is 5.57. The summed E-state index contributed by atoms with van der Waals surface area (Å²) in [6, 6.07) is 4.45. The highest BCUT2D eigenvalue weighted by molar-refractivity contribution is 5.78. The largest absolute Gasteiger partial charge is 0.496 e. The van der Waals surface area contributed by atoms with Gasteiger partial charge in [0.05, 0.1) is 18.1 Å². The Labute approximate surface area is 128 Å². The van der Waals surface area contributed by atoms with Crippen molar-refractivity contribution in [2.75, 3.05) is 13.7 Å². The Morgan fingerprint density at radius 1 is 1.36 bits per heavy atom. The summed E-state index contributed by atoms with van der Waals surface area (Å²) in [5.41, 5.74) is -0.218. The predicted molar refractivity (Wildman–Crippen MR) is 80.2 cm³/mol. The molecule has 7 nitrogen and oxygen atoms in total. The maximum absolute atomic E-state index is 11.9. The molecule has 0 saturated heterocycles. The molecule has 0 heterocycles. The summed E-state index contributed by atoms with van der Waals surface area (Å²) >= 11 is 0. The van der Waals surface area contributed by atoms with Gasteiger partial charge in [-0.2, -0.15) is 0 Å². The van der Waals surface area contributed by atoms with E-state index in [2.05, 4.69) is 5.32 Å². The normalized spacial score (nSPS) is 15.1. The highest BCUT2D eigenvalue weighted by atomic mass is 16.6. The molecule has 1 fully saturated rings. The van der Waals surface area contributed by atoms with Crippen molar-refractivity contribution in [1.82, 2.24) is 5.32 Å². The first-order valence-electron chi connectivity index (χ1n) is 7.34. The lowest BCUT2D eigenvalue weighted by Gasteiger charge is -2.22. The van der Waals surface area contributed by atoms with E-state index in [4.69, 9.17) is 9.47 Å².